The summed E-state index contributed by atoms with van der Waals surface area (Å²) in [6, 6.07) is 5.36. The van der Waals surface area contributed by atoms with E-state index in [-0.39, 0.29) is 6.04 Å². The van der Waals surface area contributed by atoms with Gasteiger partial charge in [-0.3, -0.25) is 0 Å². The van der Waals surface area contributed by atoms with Crippen LogP contribution in [0.25, 0.3) is 11.0 Å². The molecule has 5 nitrogen and oxygen atoms in total. The number of benzene rings is 1. The van der Waals surface area contributed by atoms with E-state index in [4.69, 9.17) is 9.72 Å². The molecule has 1 saturated carbocycles. The highest BCUT2D eigenvalue weighted by Crippen LogP contribution is 2.42. The van der Waals surface area contributed by atoms with Crippen LogP contribution >= 0.6 is 0 Å². The Bertz CT molecular complexity index is 673. The Kier molecular flexibility index (Phi) is 3.68. The van der Waals surface area contributed by atoms with Gasteiger partial charge in [-0.05, 0) is 38.8 Å². The van der Waals surface area contributed by atoms with Crippen LogP contribution in [0.2, 0.25) is 0 Å². The Morgan fingerprint density at radius 1 is 1.52 bits per heavy atom. The third-order valence-corrected chi connectivity index (χ3v) is 3.91. The summed E-state index contributed by atoms with van der Waals surface area (Å²) in [6.45, 7) is 5.24. The number of ether oxygens (including phenoxy) is 1. The summed E-state index contributed by atoms with van der Waals surface area (Å²) in [7, 11) is 0. The molecule has 1 aliphatic carbocycles. The van der Waals surface area contributed by atoms with Crippen molar-refractivity contribution in [1.29, 1.82) is 0 Å². The quantitative estimate of drug-likeness (QED) is 0.886. The average molecular weight is 288 g/mol. The smallest absolute Gasteiger partial charge is 0.337 e. The van der Waals surface area contributed by atoms with Crippen LogP contribution in [0.15, 0.2) is 18.2 Å². The standard InChI is InChI=1S/C16H20N2O3/c1-3-21-9-10(2)18-14-12(16(19)20)5-4-6-13(14)17-15(18)11-7-8-11/h4-6,10-11H,3,7-9H2,1-2H3,(H,19,20). The highest BCUT2D eigenvalue weighted by atomic mass is 16.5. The van der Waals surface area contributed by atoms with Crippen LogP contribution < -0.4 is 0 Å². The van der Waals surface area contributed by atoms with Crippen molar-refractivity contribution in [3.8, 4) is 0 Å². The lowest BCUT2D eigenvalue weighted by atomic mass is 10.1. The zero-order valence-corrected chi connectivity index (χ0v) is 12.4. The lowest BCUT2D eigenvalue weighted by Gasteiger charge is -2.18. The number of nitrogens with zero attached hydrogens (tertiary/aromatic N) is 2. The summed E-state index contributed by atoms with van der Waals surface area (Å²) in [6.07, 6.45) is 2.26. The van der Waals surface area contributed by atoms with Gasteiger partial charge >= 0.3 is 5.97 Å². The largest absolute Gasteiger partial charge is 0.478 e. The number of aromatic nitrogens is 2. The molecule has 0 bridgehead atoms. The topological polar surface area (TPSA) is 64.4 Å². The molecule has 2 aromatic rings. The van der Waals surface area contributed by atoms with E-state index in [9.17, 15) is 9.90 Å². The second kappa shape index (κ2) is 5.48. The summed E-state index contributed by atoms with van der Waals surface area (Å²) < 4.78 is 7.60. The molecule has 1 aromatic carbocycles. The number of hydrogen-bond donors (Lipinski definition) is 1. The Labute approximate surface area is 123 Å². The van der Waals surface area contributed by atoms with Crippen LogP contribution in [-0.2, 0) is 4.74 Å². The first-order chi connectivity index (χ1) is 10.1. The molecule has 0 radical (unpaired) electrons. The van der Waals surface area contributed by atoms with Crippen molar-refractivity contribution < 1.29 is 14.6 Å². The van der Waals surface area contributed by atoms with Crippen molar-refractivity contribution in [1.82, 2.24) is 9.55 Å². The van der Waals surface area contributed by atoms with Gasteiger partial charge in [0.15, 0.2) is 0 Å². The summed E-state index contributed by atoms with van der Waals surface area (Å²) in [5.41, 5.74) is 1.80. The summed E-state index contributed by atoms with van der Waals surface area (Å²) >= 11 is 0. The fourth-order valence-corrected chi connectivity index (χ4v) is 2.78. The van der Waals surface area contributed by atoms with Crippen LogP contribution in [0.4, 0.5) is 0 Å². The lowest BCUT2D eigenvalue weighted by molar-refractivity contribution is 0.0698. The fraction of sp³-hybridized carbons (Fsp3) is 0.500. The van der Waals surface area contributed by atoms with Gasteiger partial charge in [0.2, 0.25) is 0 Å². The molecule has 21 heavy (non-hydrogen) atoms. The van der Waals surface area contributed by atoms with E-state index in [0.717, 1.165) is 29.7 Å². The molecule has 1 atom stereocenters. The van der Waals surface area contributed by atoms with Gasteiger partial charge in [-0.1, -0.05) is 6.07 Å². The van der Waals surface area contributed by atoms with Crippen LogP contribution in [0, 0.1) is 0 Å². The summed E-state index contributed by atoms with van der Waals surface area (Å²) in [5, 5.41) is 9.46. The first kappa shape index (κ1) is 14.1. The number of carbonyl (C=O) groups is 1. The first-order valence-corrected chi connectivity index (χ1v) is 7.45. The van der Waals surface area contributed by atoms with E-state index in [1.165, 1.54) is 0 Å². The zero-order chi connectivity index (χ0) is 15.0. The van der Waals surface area contributed by atoms with E-state index >= 15 is 0 Å². The van der Waals surface area contributed by atoms with Gasteiger partial charge in [0.05, 0.1) is 29.2 Å². The molecule has 112 valence electrons. The maximum Gasteiger partial charge on any atom is 0.337 e. The van der Waals surface area contributed by atoms with Crippen molar-refractivity contribution >= 4 is 17.0 Å². The highest BCUT2D eigenvalue weighted by molar-refractivity contribution is 6.01. The van der Waals surface area contributed by atoms with Gasteiger partial charge in [0.1, 0.15) is 5.82 Å². The number of rotatable bonds is 6. The maximum absolute atomic E-state index is 11.5. The van der Waals surface area contributed by atoms with Crippen LogP contribution in [0.5, 0.6) is 0 Å². The fourth-order valence-electron chi connectivity index (χ4n) is 2.78. The van der Waals surface area contributed by atoms with Gasteiger partial charge in [-0.15, -0.1) is 0 Å². The molecule has 5 heteroatoms. The molecular weight excluding hydrogens is 268 g/mol. The van der Waals surface area contributed by atoms with Gasteiger partial charge in [-0.25, -0.2) is 9.78 Å². The molecule has 1 heterocycles. The van der Waals surface area contributed by atoms with E-state index in [0.29, 0.717) is 24.7 Å². The summed E-state index contributed by atoms with van der Waals surface area (Å²) in [4.78, 5) is 16.2. The first-order valence-electron chi connectivity index (χ1n) is 7.45. The van der Waals surface area contributed by atoms with E-state index in [1.54, 1.807) is 12.1 Å². The molecule has 0 spiro atoms. The number of hydrogen-bond acceptors (Lipinski definition) is 3. The molecular formula is C16H20N2O3. The number of carboxylic acid groups (broad SMARTS) is 1. The van der Waals surface area contributed by atoms with E-state index in [2.05, 4.69) is 11.5 Å². The minimum atomic E-state index is -0.910. The van der Waals surface area contributed by atoms with Gasteiger partial charge < -0.3 is 14.4 Å². The molecule has 0 aliphatic heterocycles. The molecule has 1 aliphatic rings. The number of para-hydroxylation sites is 1. The molecule has 0 saturated heterocycles. The molecule has 0 amide bonds. The number of carboxylic acids is 1. The van der Waals surface area contributed by atoms with Crippen molar-refractivity contribution in [3.05, 3.63) is 29.6 Å². The van der Waals surface area contributed by atoms with E-state index in [1.807, 2.05) is 13.0 Å². The van der Waals surface area contributed by atoms with Crippen molar-refractivity contribution in [3.63, 3.8) is 0 Å². The predicted molar refractivity (Wildman–Crippen MR) is 79.9 cm³/mol. The minimum absolute atomic E-state index is 0.0750. The third kappa shape index (κ3) is 2.53. The molecule has 1 fully saturated rings. The van der Waals surface area contributed by atoms with Gasteiger partial charge in [0, 0.05) is 12.5 Å². The Morgan fingerprint density at radius 2 is 2.29 bits per heavy atom. The van der Waals surface area contributed by atoms with E-state index < -0.39 is 5.97 Å². The molecule has 3 rings (SSSR count). The molecule has 1 N–H and O–H groups in total. The Morgan fingerprint density at radius 3 is 2.90 bits per heavy atom. The van der Waals surface area contributed by atoms with Crippen molar-refractivity contribution in [2.75, 3.05) is 13.2 Å². The second-order valence-electron chi connectivity index (χ2n) is 5.60. The van der Waals surface area contributed by atoms with Crippen LogP contribution in [0.1, 0.15) is 54.8 Å². The zero-order valence-electron chi connectivity index (χ0n) is 12.4. The monoisotopic (exact) mass is 288 g/mol. The number of fused-ring (bicyclic) bond motifs is 1. The second-order valence-corrected chi connectivity index (χ2v) is 5.60. The Hall–Kier alpha value is -1.88. The molecule has 1 aromatic heterocycles. The Balaban J connectivity index is 2.17. The van der Waals surface area contributed by atoms with Gasteiger partial charge in [-0.2, -0.15) is 0 Å². The van der Waals surface area contributed by atoms with Crippen molar-refractivity contribution in [2.45, 2.75) is 38.6 Å². The minimum Gasteiger partial charge on any atom is -0.478 e. The highest BCUT2D eigenvalue weighted by Gasteiger charge is 2.32. The van der Waals surface area contributed by atoms with Crippen LogP contribution in [0.3, 0.4) is 0 Å². The van der Waals surface area contributed by atoms with Gasteiger partial charge in [0.25, 0.3) is 0 Å². The average Bonchev–Trinajstić information content (AvgIpc) is 3.24. The maximum atomic E-state index is 11.5. The lowest BCUT2D eigenvalue weighted by Crippen LogP contribution is -2.16. The third-order valence-electron chi connectivity index (χ3n) is 3.91. The number of imidazole rings is 1. The van der Waals surface area contributed by atoms with Crippen LogP contribution in [-0.4, -0.2) is 33.8 Å². The normalized spacial score (nSPS) is 16.3. The summed E-state index contributed by atoms with van der Waals surface area (Å²) in [5.74, 6) is 0.557. The predicted octanol–water partition coefficient (Wildman–Crippen LogP) is 3.21. The number of aromatic carboxylic acids is 1. The molecule has 1 unspecified atom stereocenters. The van der Waals surface area contributed by atoms with Crippen molar-refractivity contribution in [2.24, 2.45) is 0 Å². The SMILES string of the molecule is CCOCC(C)n1c(C2CC2)nc2cccc(C(=O)O)c21.